The largest absolute Gasteiger partial charge is 0.452 e. The van der Waals surface area contributed by atoms with Gasteiger partial charge in [-0.3, -0.25) is 14.9 Å². The van der Waals surface area contributed by atoms with Gasteiger partial charge in [0.15, 0.2) is 5.76 Å². The van der Waals surface area contributed by atoms with Crippen LogP contribution in [-0.4, -0.2) is 24.9 Å². The van der Waals surface area contributed by atoms with Crippen molar-refractivity contribution in [1.82, 2.24) is 9.13 Å². The fraction of sp³-hybridized carbons (Fsp3) is 0.0938. The number of para-hydroxylation sites is 2. The highest BCUT2D eigenvalue weighted by atomic mass is 16.6. The normalized spacial score (nSPS) is 17.6. The summed E-state index contributed by atoms with van der Waals surface area (Å²) in [5, 5.41) is 45.7. The molecule has 10 nitrogen and oxygen atoms in total. The van der Waals surface area contributed by atoms with Crippen molar-refractivity contribution in [2.75, 3.05) is 0 Å². The number of ketones is 1. The Morgan fingerprint density at radius 2 is 1.52 bits per heavy atom. The van der Waals surface area contributed by atoms with E-state index in [0.717, 1.165) is 11.0 Å². The molecule has 6 rings (SSSR count). The van der Waals surface area contributed by atoms with Crippen molar-refractivity contribution >= 4 is 39.0 Å². The quantitative estimate of drug-likeness (QED) is 0.100. The first kappa shape index (κ1) is 26.3. The molecule has 5 aromatic rings. The van der Waals surface area contributed by atoms with Gasteiger partial charge >= 0.3 is 0 Å². The van der Waals surface area contributed by atoms with Crippen molar-refractivity contribution in [2.24, 2.45) is 14.1 Å². The summed E-state index contributed by atoms with van der Waals surface area (Å²) in [6.07, 6.45) is 3.32. The van der Waals surface area contributed by atoms with E-state index in [1.165, 1.54) is 24.3 Å². The molecule has 3 aromatic carbocycles. The van der Waals surface area contributed by atoms with Crippen molar-refractivity contribution in [3.63, 3.8) is 0 Å². The van der Waals surface area contributed by atoms with Gasteiger partial charge in [0.2, 0.25) is 5.78 Å². The maximum Gasteiger partial charge on any atom is 0.269 e. The number of fused-ring (bicyclic) bond motifs is 2. The second kappa shape index (κ2) is 9.59. The van der Waals surface area contributed by atoms with Gasteiger partial charge in [-0.1, -0.05) is 36.4 Å². The molecule has 204 valence electrons. The molecule has 1 unspecified atom stereocenters. The number of rotatable bonds is 5. The van der Waals surface area contributed by atoms with Gasteiger partial charge < -0.3 is 19.0 Å². The molecule has 1 aliphatic rings. The SMILES string of the molecule is Cn1cc(C(=O)/C(C#N)=C2\C(C#N)=C(c3cn(C)c4ccccc34)OC2(O)c2ccc([N+](=O)[O-])cc2)c2ccccc21. The first-order valence-electron chi connectivity index (χ1n) is 12.8. The molecule has 42 heavy (non-hydrogen) atoms. The number of aryl methyl sites for hydroxylation is 2. The van der Waals surface area contributed by atoms with E-state index in [9.17, 15) is 30.5 Å². The summed E-state index contributed by atoms with van der Waals surface area (Å²) >= 11 is 0. The number of hydrogen-bond acceptors (Lipinski definition) is 7. The molecule has 0 fully saturated rings. The minimum Gasteiger partial charge on any atom is -0.452 e. The van der Waals surface area contributed by atoms with Crippen LogP contribution in [0.25, 0.3) is 27.6 Å². The lowest BCUT2D eigenvalue weighted by Gasteiger charge is -2.26. The van der Waals surface area contributed by atoms with Gasteiger partial charge in [-0.15, -0.1) is 0 Å². The highest BCUT2D eigenvalue weighted by Crippen LogP contribution is 2.50. The summed E-state index contributed by atoms with van der Waals surface area (Å²) in [5.41, 5.74) is 1.01. The van der Waals surface area contributed by atoms with E-state index < -0.39 is 22.1 Å². The first-order valence-corrected chi connectivity index (χ1v) is 12.8. The van der Waals surface area contributed by atoms with Gasteiger partial charge in [0.1, 0.15) is 23.3 Å². The van der Waals surface area contributed by atoms with Gasteiger partial charge in [-0.2, -0.15) is 10.5 Å². The van der Waals surface area contributed by atoms with Gasteiger partial charge in [0.25, 0.3) is 11.5 Å². The van der Waals surface area contributed by atoms with Crippen molar-refractivity contribution in [3.05, 3.63) is 129 Å². The highest BCUT2D eigenvalue weighted by Gasteiger charge is 2.50. The molecular formula is C32H21N5O5. The number of allylic oxidation sites excluding steroid dienone is 1. The third-order valence-electron chi connectivity index (χ3n) is 7.52. The predicted octanol–water partition coefficient (Wildman–Crippen LogP) is 5.39. The van der Waals surface area contributed by atoms with Gasteiger partial charge in [0, 0.05) is 77.1 Å². The average molecular weight is 556 g/mol. The zero-order valence-electron chi connectivity index (χ0n) is 22.4. The van der Waals surface area contributed by atoms with Crippen LogP contribution in [0.5, 0.6) is 0 Å². The van der Waals surface area contributed by atoms with Gasteiger partial charge in [-0.05, 0) is 24.3 Å². The minimum atomic E-state index is -2.49. The lowest BCUT2D eigenvalue weighted by atomic mass is 9.86. The number of ether oxygens (including phenoxy) is 1. The fourth-order valence-corrected chi connectivity index (χ4v) is 5.54. The Labute approximate surface area is 239 Å². The van der Waals surface area contributed by atoms with Gasteiger partial charge in [0.05, 0.1) is 10.5 Å². The van der Waals surface area contributed by atoms with Gasteiger partial charge in [-0.25, -0.2) is 0 Å². The summed E-state index contributed by atoms with van der Waals surface area (Å²) in [4.78, 5) is 24.8. The summed E-state index contributed by atoms with van der Waals surface area (Å²) in [6, 6.07) is 23.4. The number of nitriles is 2. The number of nitro groups is 1. The topological polar surface area (TPSA) is 147 Å². The Kier molecular flexibility index (Phi) is 6.00. The van der Waals surface area contributed by atoms with Crippen LogP contribution in [0.2, 0.25) is 0 Å². The Morgan fingerprint density at radius 3 is 2.14 bits per heavy atom. The Bertz CT molecular complexity index is 2120. The molecule has 0 amide bonds. The summed E-state index contributed by atoms with van der Waals surface area (Å²) in [5.74, 6) is -3.22. The fourth-order valence-electron chi connectivity index (χ4n) is 5.54. The van der Waals surface area contributed by atoms with E-state index >= 15 is 0 Å². The number of aromatic nitrogens is 2. The van der Waals surface area contributed by atoms with Crippen LogP contribution in [0.1, 0.15) is 21.5 Å². The number of carbonyl (C=O) groups is 1. The van der Waals surface area contributed by atoms with E-state index in [4.69, 9.17) is 4.74 Å². The molecule has 3 heterocycles. The predicted molar refractivity (Wildman–Crippen MR) is 153 cm³/mol. The van der Waals surface area contributed by atoms with Crippen molar-refractivity contribution in [3.8, 4) is 12.1 Å². The van der Waals surface area contributed by atoms with Crippen LogP contribution in [0, 0.1) is 32.8 Å². The molecule has 0 saturated heterocycles. The van der Waals surface area contributed by atoms with Crippen LogP contribution in [0.3, 0.4) is 0 Å². The number of nitrogens with zero attached hydrogens (tertiary/aromatic N) is 5. The number of carbonyl (C=O) groups excluding carboxylic acids is 1. The third-order valence-corrected chi connectivity index (χ3v) is 7.52. The van der Waals surface area contributed by atoms with Crippen LogP contribution in [-0.2, 0) is 24.6 Å². The van der Waals surface area contributed by atoms with E-state index in [1.807, 2.05) is 54.1 Å². The third kappa shape index (κ3) is 3.79. The summed E-state index contributed by atoms with van der Waals surface area (Å²) in [7, 11) is 3.58. The monoisotopic (exact) mass is 555 g/mol. The van der Waals surface area contributed by atoms with Crippen molar-refractivity contribution in [1.29, 1.82) is 10.5 Å². The van der Waals surface area contributed by atoms with E-state index in [-0.39, 0.29) is 33.7 Å². The number of non-ortho nitro benzene ring substituents is 1. The van der Waals surface area contributed by atoms with E-state index in [2.05, 4.69) is 6.07 Å². The molecule has 0 saturated carbocycles. The zero-order valence-corrected chi connectivity index (χ0v) is 22.4. The highest BCUT2D eigenvalue weighted by molar-refractivity contribution is 6.19. The molecule has 1 aliphatic heterocycles. The Hall–Kier alpha value is -5.97. The average Bonchev–Trinajstić information content (AvgIpc) is 3.63. The number of aliphatic hydroxyl groups is 1. The standard InChI is InChI=1S/C32H21N5O5/c1-35-17-25(21-7-3-5-9-27(21)35)30(38)23(15-33)29-24(16-34)31(26-18-36(2)28-10-6-4-8-22(26)28)42-32(29,39)19-11-13-20(14-12-19)37(40)41/h3-14,17-18,39H,1-2H3/b29-23+. The maximum atomic E-state index is 14.1. The number of nitro benzene ring substituents is 1. The molecule has 1 atom stereocenters. The molecule has 0 aliphatic carbocycles. The molecule has 0 radical (unpaired) electrons. The number of benzene rings is 3. The summed E-state index contributed by atoms with van der Waals surface area (Å²) < 4.78 is 9.76. The minimum absolute atomic E-state index is 0.00422. The first-order chi connectivity index (χ1) is 20.2. The van der Waals surface area contributed by atoms with E-state index in [0.29, 0.717) is 16.3 Å². The lowest BCUT2D eigenvalue weighted by Crippen LogP contribution is -2.29. The Morgan fingerprint density at radius 1 is 0.929 bits per heavy atom. The number of hydrogen-bond donors (Lipinski definition) is 1. The van der Waals surface area contributed by atoms with Crippen molar-refractivity contribution < 1.29 is 19.6 Å². The molecule has 0 spiro atoms. The van der Waals surface area contributed by atoms with Crippen LogP contribution < -0.4 is 0 Å². The van der Waals surface area contributed by atoms with Crippen LogP contribution in [0.15, 0.2) is 102 Å². The van der Waals surface area contributed by atoms with Crippen LogP contribution in [0.4, 0.5) is 5.69 Å². The van der Waals surface area contributed by atoms with E-state index in [1.54, 1.807) is 36.1 Å². The Balaban J connectivity index is 1.66. The second-order valence-corrected chi connectivity index (χ2v) is 9.90. The molecule has 2 aromatic heterocycles. The molecule has 0 bridgehead atoms. The maximum absolute atomic E-state index is 14.1. The molecule has 10 heteroatoms. The lowest BCUT2D eigenvalue weighted by molar-refractivity contribution is -0.384. The van der Waals surface area contributed by atoms with Crippen LogP contribution >= 0.6 is 0 Å². The zero-order chi connectivity index (χ0) is 29.8. The summed E-state index contributed by atoms with van der Waals surface area (Å²) in [6.45, 7) is 0. The molecular weight excluding hydrogens is 534 g/mol. The second-order valence-electron chi connectivity index (χ2n) is 9.90. The number of Topliss-reactive ketones (excluding diaryl/α,β-unsaturated/α-hetero) is 1. The smallest absolute Gasteiger partial charge is 0.269 e. The van der Waals surface area contributed by atoms with Crippen molar-refractivity contribution in [2.45, 2.75) is 5.79 Å². The molecule has 1 N–H and O–H groups in total.